The van der Waals surface area contributed by atoms with Crippen molar-refractivity contribution in [2.24, 2.45) is 5.41 Å². The third kappa shape index (κ3) is 4.22. The van der Waals surface area contributed by atoms with Crippen LogP contribution in [-0.2, 0) is 4.74 Å². The van der Waals surface area contributed by atoms with Crippen LogP contribution < -0.4 is 5.32 Å². The highest BCUT2D eigenvalue weighted by Crippen LogP contribution is 2.48. The van der Waals surface area contributed by atoms with E-state index < -0.39 is 5.60 Å². The summed E-state index contributed by atoms with van der Waals surface area (Å²) in [5.74, 6) is 0. The quantitative estimate of drug-likeness (QED) is 0.687. The highest BCUT2D eigenvalue weighted by molar-refractivity contribution is 4.95. The Labute approximate surface area is 111 Å². The van der Waals surface area contributed by atoms with E-state index in [1.54, 1.807) is 7.11 Å². The summed E-state index contributed by atoms with van der Waals surface area (Å²) in [6.45, 7) is 2.70. The Kier molecular flexibility index (Phi) is 5.05. The van der Waals surface area contributed by atoms with Crippen molar-refractivity contribution in [3.63, 3.8) is 0 Å². The number of ether oxygens (including phenoxy) is 1. The van der Waals surface area contributed by atoms with Crippen molar-refractivity contribution in [3.05, 3.63) is 0 Å². The van der Waals surface area contributed by atoms with Gasteiger partial charge in [-0.25, -0.2) is 0 Å². The van der Waals surface area contributed by atoms with Crippen LogP contribution in [0.2, 0.25) is 0 Å². The van der Waals surface area contributed by atoms with E-state index in [2.05, 4.69) is 5.32 Å². The maximum atomic E-state index is 10.6. The average molecular weight is 255 g/mol. The lowest BCUT2D eigenvalue weighted by molar-refractivity contribution is 0.0239. The van der Waals surface area contributed by atoms with Crippen LogP contribution in [0.3, 0.4) is 0 Å². The predicted molar refractivity (Wildman–Crippen MR) is 73.7 cm³/mol. The maximum absolute atomic E-state index is 10.6. The molecule has 0 radical (unpaired) electrons. The van der Waals surface area contributed by atoms with Crippen molar-refractivity contribution in [3.8, 4) is 0 Å². The van der Waals surface area contributed by atoms with Crippen LogP contribution in [0.1, 0.15) is 57.8 Å². The minimum atomic E-state index is -0.437. The first kappa shape index (κ1) is 14.3. The molecule has 0 aliphatic heterocycles. The second-order valence-electron chi connectivity index (χ2n) is 6.48. The molecule has 2 aliphatic carbocycles. The first-order valence-corrected chi connectivity index (χ1v) is 7.60. The Morgan fingerprint density at radius 3 is 2.22 bits per heavy atom. The summed E-state index contributed by atoms with van der Waals surface area (Å²) in [6, 6.07) is 0. The molecule has 3 heteroatoms. The molecule has 0 aromatic rings. The summed E-state index contributed by atoms with van der Waals surface area (Å²) in [7, 11) is 1.78. The molecular formula is C15H29NO2. The Morgan fingerprint density at radius 1 is 1.00 bits per heavy atom. The van der Waals surface area contributed by atoms with Gasteiger partial charge in [0.1, 0.15) is 0 Å². The van der Waals surface area contributed by atoms with Crippen LogP contribution in [0, 0.1) is 5.41 Å². The fraction of sp³-hybridized carbons (Fsp3) is 1.00. The minimum absolute atomic E-state index is 0.437. The minimum Gasteiger partial charge on any atom is -0.389 e. The van der Waals surface area contributed by atoms with E-state index in [0.29, 0.717) is 5.41 Å². The maximum Gasteiger partial charge on any atom is 0.0771 e. The molecule has 2 aliphatic rings. The van der Waals surface area contributed by atoms with Gasteiger partial charge in [0.05, 0.1) is 5.60 Å². The second kappa shape index (κ2) is 6.36. The molecular weight excluding hydrogens is 226 g/mol. The molecule has 0 amide bonds. The fourth-order valence-electron chi connectivity index (χ4n) is 3.13. The normalized spacial score (nSPS) is 25.7. The highest BCUT2D eigenvalue weighted by atomic mass is 16.5. The molecule has 18 heavy (non-hydrogen) atoms. The van der Waals surface area contributed by atoms with Crippen molar-refractivity contribution >= 4 is 0 Å². The van der Waals surface area contributed by atoms with Gasteiger partial charge in [-0.05, 0) is 37.5 Å². The molecule has 0 heterocycles. The van der Waals surface area contributed by atoms with Gasteiger partial charge in [-0.15, -0.1) is 0 Å². The van der Waals surface area contributed by atoms with E-state index in [9.17, 15) is 5.11 Å². The molecule has 2 fully saturated rings. The zero-order valence-corrected chi connectivity index (χ0v) is 11.8. The fourth-order valence-corrected chi connectivity index (χ4v) is 3.13. The smallest absolute Gasteiger partial charge is 0.0771 e. The molecule has 3 nitrogen and oxygen atoms in total. The Hall–Kier alpha value is -0.120. The number of aliphatic hydroxyl groups is 1. The standard InChI is InChI=1S/C15H29NO2/c1-18-11-10-14(8-9-14)12-16-13-15(17)6-4-2-3-5-7-15/h16-17H,2-13H2,1H3. The van der Waals surface area contributed by atoms with Crippen molar-refractivity contribution in [1.29, 1.82) is 0 Å². The molecule has 0 unspecified atom stereocenters. The average Bonchev–Trinajstić information content (AvgIpc) is 3.13. The summed E-state index contributed by atoms with van der Waals surface area (Å²) < 4.78 is 5.17. The van der Waals surface area contributed by atoms with E-state index in [-0.39, 0.29) is 0 Å². The third-order valence-electron chi connectivity index (χ3n) is 4.78. The predicted octanol–water partition coefficient (Wildman–Crippen LogP) is 2.48. The Morgan fingerprint density at radius 2 is 1.67 bits per heavy atom. The SMILES string of the molecule is COCCC1(CNCC2(O)CCCCCC2)CC1. The molecule has 0 atom stereocenters. The van der Waals surface area contributed by atoms with Crippen molar-refractivity contribution in [2.75, 3.05) is 26.8 Å². The van der Waals surface area contributed by atoms with Crippen LogP contribution in [0.4, 0.5) is 0 Å². The van der Waals surface area contributed by atoms with E-state index in [1.807, 2.05) is 0 Å². The Balaban J connectivity index is 1.67. The van der Waals surface area contributed by atoms with Gasteiger partial charge in [0.2, 0.25) is 0 Å². The van der Waals surface area contributed by atoms with Gasteiger partial charge in [0, 0.05) is 26.8 Å². The summed E-state index contributed by atoms with van der Waals surface area (Å²) >= 11 is 0. The summed E-state index contributed by atoms with van der Waals surface area (Å²) in [5, 5.41) is 14.1. The summed E-state index contributed by atoms with van der Waals surface area (Å²) in [5.41, 5.74) is 0.0466. The van der Waals surface area contributed by atoms with Crippen molar-refractivity contribution in [2.45, 2.75) is 63.4 Å². The molecule has 0 saturated heterocycles. The number of nitrogens with one attached hydrogen (secondary N) is 1. The van der Waals surface area contributed by atoms with E-state index in [4.69, 9.17) is 4.74 Å². The lowest BCUT2D eigenvalue weighted by Crippen LogP contribution is -2.42. The monoisotopic (exact) mass is 255 g/mol. The lowest BCUT2D eigenvalue weighted by atomic mass is 9.94. The zero-order chi connectivity index (χ0) is 12.9. The lowest BCUT2D eigenvalue weighted by Gasteiger charge is -2.28. The van der Waals surface area contributed by atoms with Gasteiger partial charge < -0.3 is 15.2 Å². The molecule has 106 valence electrons. The van der Waals surface area contributed by atoms with Gasteiger partial charge in [0.25, 0.3) is 0 Å². The number of hydrogen-bond donors (Lipinski definition) is 2. The molecule has 0 aromatic heterocycles. The molecule has 2 saturated carbocycles. The van der Waals surface area contributed by atoms with Crippen LogP contribution in [0.25, 0.3) is 0 Å². The molecule has 0 spiro atoms. The molecule has 2 N–H and O–H groups in total. The van der Waals surface area contributed by atoms with Crippen LogP contribution in [0.15, 0.2) is 0 Å². The Bertz CT molecular complexity index is 243. The number of hydrogen-bond acceptors (Lipinski definition) is 3. The molecule has 0 aromatic carbocycles. The zero-order valence-electron chi connectivity index (χ0n) is 11.8. The van der Waals surface area contributed by atoms with Crippen molar-refractivity contribution in [1.82, 2.24) is 5.32 Å². The van der Waals surface area contributed by atoms with Gasteiger partial charge in [-0.1, -0.05) is 25.7 Å². The van der Waals surface area contributed by atoms with Gasteiger partial charge >= 0.3 is 0 Å². The van der Waals surface area contributed by atoms with Crippen LogP contribution in [-0.4, -0.2) is 37.5 Å². The van der Waals surface area contributed by atoms with Crippen molar-refractivity contribution < 1.29 is 9.84 Å². The highest BCUT2D eigenvalue weighted by Gasteiger charge is 2.42. The first-order valence-electron chi connectivity index (χ1n) is 7.60. The third-order valence-corrected chi connectivity index (χ3v) is 4.78. The molecule has 2 rings (SSSR count). The summed E-state index contributed by atoms with van der Waals surface area (Å²) in [6.07, 6.45) is 10.7. The van der Waals surface area contributed by atoms with Gasteiger partial charge in [-0.2, -0.15) is 0 Å². The van der Waals surface area contributed by atoms with E-state index >= 15 is 0 Å². The van der Waals surface area contributed by atoms with E-state index in [0.717, 1.165) is 39.0 Å². The topological polar surface area (TPSA) is 41.5 Å². The van der Waals surface area contributed by atoms with Gasteiger partial charge in [0.15, 0.2) is 0 Å². The van der Waals surface area contributed by atoms with E-state index in [1.165, 1.54) is 38.5 Å². The van der Waals surface area contributed by atoms with Crippen LogP contribution >= 0.6 is 0 Å². The van der Waals surface area contributed by atoms with Gasteiger partial charge in [-0.3, -0.25) is 0 Å². The number of methoxy groups -OCH3 is 1. The largest absolute Gasteiger partial charge is 0.389 e. The number of rotatable bonds is 7. The first-order chi connectivity index (χ1) is 8.68. The van der Waals surface area contributed by atoms with Crippen LogP contribution in [0.5, 0.6) is 0 Å². The summed E-state index contributed by atoms with van der Waals surface area (Å²) in [4.78, 5) is 0. The second-order valence-corrected chi connectivity index (χ2v) is 6.48. The molecule has 0 bridgehead atoms.